The largest absolute Gasteiger partial charge is 0.464 e. The number of furan rings is 1. The van der Waals surface area contributed by atoms with E-state index in [0.717, 1.165) is 17.4 Å². The van der Waals surface area contributed by atoms with Gasteiger partial charge in [-0.15, -0.1) is 0 Å². The minimum Gasteiger partial charge on any atom is -0.464 e. The highest BCUT2D eigenvalue weighted by molar-refractivity contribution is 5.18. The zero-order valence-electron chi connectivity index (χ0n) is 7.58. The molecule has 1 aromatic rings. The van der Waals surface area contributed by atoms with E-state index in [1.54, 1.807) is 0 Å². The van der Waals surface area contributed by atoms with Crippen molar-refractivity contribution in [2.75, 3.05) is 0 Å². The van der Waals surface area contributed by atoms with Crippen LogP contribution < -0.4 is 5.73 Å². The van der Waals surface area contributed by atoms with E-state index < -0.39 is 0 Å². The van der Waals surface area contributed by atoms with Gasteiger partial charge in [-0.1, -0.05) is 6.92 Å². The first-order chi connectivity index (χ1) is 5.68. The quantitative estimate of drug-likeness (QED) is 0.731. The first-order valence-electron chi connectivity index (χ1n) is 4.53. The van der Waals surface area contributed by atoms with Crippen molar-refractivity contribution in [3.05, 3.63) is 23.7 Å². The molecule has 2 heteroatoms. The zero-order chi connectivity index (χ0) is 8.72. The first kappa shape index (κ1) is 7.87. The van der Waals surface area contributed by atoms with Crippen LogP contribution in [0.2, 0.25) is 0 Å². The fourth-order valence-corrected chi connectivity index (χ4v) is 1.53. The molecule has 12 heavy (non-hydrogen) atoms. The summed E-state index contributed by atoms with van der Waals surface area (Å²) in [6, 6.07) is 4.07. The van der Waals surface area contributed by atoms with Crippen molar-refractivity contribution < 1.29 is 4.42 Å². The fraction of sp³-hybridized carbons (Fsp3) is 0.600. The highest BCUT2D eigenvalue weighted by Crippen LogP contribution is 2.47. The third kappa shape index (κ3) is 1.27. The summed E-state index contributed by atoms with van der Waals surface area (Å²) in [6.07, 6.45) is 1.27. The van der Waals surface area contributed by atoms with Crippen LogP contribution in [0.3, 0.4) is 0 Å². The molecule has 1 aliphatic rings. The van der Waals surface area contributed by atoms with E-state index in [4.69, 9.17) is 10.2 Å². The summed E-state index contributed by atoms with van der Waals surface area (Å²) in [5.74, 6) is 3.49. The van der Waals surface area contributed by atoms with E-state index in [2.05, 4.69) is 13.0 Å². The van der Waals surface area contributed by atoms with Crippen molar-refractivity contribution in [2.45, 2.75) is 32.2 Å². The summed E-state index contributed by atoms with van der Waals surface area (Å²) >= 11 is 0. The van der Waals surface area contributed by atoms with E-state index in [-0.39, 0.29) is 6.04 Å². The van der Waals surface area contributed by atoms with Crippen molar-refractivity contribution in [2.24, 2.45) is 11.7 Å². The van der Waals surface area contributed by atoms with Crippen molar-refractivity contribution >= 4 is 0 Å². The van der Waals surface area contributed by atoms with Crippen LogP contribution in [-0.4, -0.2) is 0 Å². The maximum absolute atomic E-state index is 5.69. The number of rotatable bonds is 2. The Balaban J connectivity index is 2.14. The number of nitrogens with two attached hydrogens (primary N) is 1. The topological polar surface area (TPSA) is 39.2 Å². The fourth-order valence-electron chi connectivity index (χ4n) is 1.53. The van der Waals surface area contributed by atoms with Gasteiger partial charge in [-0.05, 0) is 31.4 Å². The van der Waals surface area contributed by atoms with Gasteiger partial charge in [0.1, 0.15) is 11.5 Å². The Bertz CT molecular complexity index is 277. The molecular weight excluding hydrogens is 150 g/mol. The van der Waals surface area contributed by atoms with E-state index in [9.17, 15) is 0 Å². The van der Waals surface area contributed by atoms with Gasteiger partial charge in [0.15, 0.2) is 0 Å². The molecule has 1 fully saturated rings. The maximum atomic E-state index is 5.69. The molecule has 2 nitrogen and oxygen atoms in total. The van der Waals surface area contributed by atoms with Gasteiger partial charge in [-0.2, -0.15) is 0 Å². The third-order valence-corrected chi connectivity index (χ3v) is 2.57. The second kappa shape index (κ2) is 2.63. The van der Waals surface area contributed by atoms with E-state index in [1.165, 1.54) is 6.42 Å². The van der Waals surface area contributed by atoms with Crippen molar-refractivity contribution in [3.8, 4) is 0 Å². The minimum atomic E-state index is 0.0211. The molecule has 2 N–H and O–H groups in total. The van der Waals surface area contributed by atoms with Crippen molar-refractivity contribution in [3.63, 3.8) is 0 Å². The van der Waals surface area contributed by atoms with Crippen LogP contribution in [0.5, 0.6) is 0 Å². The molecule has 0 saturated heterocycles. The van der Waals surface area contributed by atoms with Gasteiger partial charge in [0, 0.05) is 5.92 Å². The van der Waals surface area contributed by atoms with Crippen LogP contribution in [0.15, 0.2) is 16.5 Å². The van der Waals surface area contributed by atoms with Gasteiger partial charge >= 0.3 is 0 Å². The molecule has 0 spiro atoms. The van der Waals surface area contributed by atoms with E-state index >= 15 is 0 Å². The molecule has 0 aliphatic heterocycles. The van der Waals surface area contributed by atoms with Gasteiger partial charge in [0.25, 0.3) is 0 Å². The Hall–Kier alpha value is -0.760. The summed E-state index contributed by atoms with van der Waals surface area (Å²) in [5.41, 5.74) is 5.69. The molecule has 0 bridgehead atoms. The number of hydrogen-bond donors (Lipinski definition) is 1. The van der Waals surface area contributed by atoms with Gasteiger partial charge in [-0.25, -0.2) is 0 Å². The Morgan fingerprint density at radius 1 is 1.58 bits per heavy atom. The summed E-state index contributed by atoms with van der Waals surface area (Å²) in [7, 11) is 0. The predicted octanol–water partition coefficient (Wildman–Crippen LogP) is 2.42. The summed E-state index contributed by atoms with van der Waals surface area (Å²) in [5, 5.41) is 0. The molecule has 2 rings (SSSR count). The Morgan fingerprint density at radius 3 is 2.67 bits per heavy atom. The lowest BCUT2D eigenvalue weighted by atomic mass is 10.2. The van der Waals surface area contributed by atoms with Crippen LogP contribution in [0.1, 0.15) is 43.7 Å². The molecule has 3 unspecified atom stereocenters. The van der Waals surface area contributed by atoms with Gasteiger partial charge in [0.05, 0.1) is 6.04 Å². The maximum Gasteiger partial charge on any atom is 0.120 e. The summed E-state index contributed by atoms with van der Waals surface area (Å²) in [4.78, 5) is 0. The highest BCUT2D eigenvalue weighted by atomic mass is 16.3. The van der Waals surface area contributed by atoms with E-state index in [1.807, 2.05) is 13.0 Å². The van der Waals surface area contributed by atoms with Crippen LogP contribution in [0.25, 0.3) is 0 Å². The van der Waals surface area contributed by atoms with E-state index in [0.29, 0.717) is 5.92 Å². The molecule has 1 heterocycles. The average Bonchev–Trinajstić information content (AvgIpc) is 2.59. The SMILES string of the molecule is CC(N)c1ccc(C2CC2C)o1. The molecule has 1 saturated carbocycles. The normalized spacial score (nSPS) is 30.2. The van der Waals surface area contributed by atoms with Crippen LogP contribution in [-0.2, 0) is 0 Å². The summed E-state index contributed by atoms with van der Waals surface area (Å²) < 4.78 is 5.61. The van der Waals surface area contributed by atoms with Crippen LogP contribution in [0.4, 0.5) is 0 Å². The Kier molecular flexibility index (Phi) is 1.72. The molecule has 0 radical (unpaired) electrons. The Labute approximate surface area is 72.7 Å². The smallest absolute Gasteiger partial charge is 0.120 e. The molecule has 1 aromatic heterocycles. The van der Waals surface area contributed by atoms with Gasteiger partial charge in [-0.3, -0.25) is 0 Å². The first-order valence-corrected chi connectivity index (χ1v) is 4.53. The molecular formula is C10H15NO. The second-order valence-corrected chi connectivity index (χ2v) is 3.85. The average molecular weight is 165 g/mol. The molecule has 66 valence electrons. The molecule has 0 amide bonds. The standard InChI is InChI=1S/C10H15NO/c1-6-5-8(6)10-4-3-9(12-10)7(2)11/h3-4,6-8H,5,11H2,1-2H3. The molecule has 1 aliphatic carbocycles. The van der Waals surface area contributed by atoms with Crippen LogP contribution in [0, 0.1) is 5.92 Å². The second-order valence-electron chi connectivity index (χ2n) is 3.85. The van der Waals surface area contributed by atoms with Crippen molar-refractivity contribution in [1.29, 1.82) is 0 Å². The van der Waals surface area contributed by atoms with Crippen molar-refractivity contribution in [1.82, 2.24) is 0 Å². The van der Waals surface area contributed by atoms with Gasteiger partial charge < -0.3 is 10.2 Å². The zero-order valence-corrected chi connectivity index (χ0v) is 7.58. The minimum absolute atomic E-state index is 0.0211. The lowest BCUT2D eigenvalue weighted by Crippen LogP contribution is -2.02. The highest BCUT2D eigenvalue weighted by Gasteiger charge is 2.36. The number of hydrogen-bond acceptors (Lipinski definition) is 2. The molecule has 3 atom stereocenters. The monoisotopic (exact) mass is 165 g/mol. The summed E-state index contributed by atoms with van der Waals surface area (Å²) in [6.45, 7) is 4.19. The lowest BCUT2D eigenvalue weighted by molar-refractivity contribution is 0.440. The van der Waals surface area contributed by atoms with Crippen LogP contribution >= 0.6 is 0 Å². The molecule has 0 aromatic carbocycles. The third-order valence-electron chi connectivity index (χ3n) is 2.57. The predicted molar refractivity (Wildman–Crippen MR) is 47.8 cm³/mol. The Morgan fingerprint density at radius 2 is 2.25 bits per heavy atom. The van der Waals surface area contributed by atoms with Gasteiger partial charge in [0.2, 0.25) is 0 Å². The lowest BCUT2D eigenvalue weighted by Gasteiger charge is -1.98.